The molecule has 0 amide bonds. The number of aromatic nitrogens is 3. The van der Waals surface area contributed by atoms with Crippen molar-refractivity contribution in [3.8, 4) is 0 Å². The zero-order valence-electron chi connectivity index (χ0n) is 8.66. The highest BCUT2D eigenvalue weighted by Gasteiger charge is 2.14. The van der Waals surface area contributed by atoms with Gasteiger partial charge in [-0.05, 0) is 44.8 Å². The van der Waals surface area contributed by atoms with E-state index in [0.717, 1.165) is 13.4 Å². The number of Topliss-reactive ketones (excluding diaryl/α,β-unsaturated/α-hetero) is 1. The Morgan fingerprint density at radius 3 is 2.88 bits per heavy atom. The summed E-state index contributed by atoms with van der Waals surface area (Å²) in [6.45, 7) is 1.82. The van der Waals surface area contributed by atoms with Gasteiger partial charge >= 0.3 is 0 Å². The number of nitrogens with zero attached hydrogens (tertiary/aromatic N) is 2. The molecule has 0 fully saturated rings. The molecule has 2 rings (SSSR count). The zero-order valence-corrected chi connectivity index (χ0v) is 13.5. The predicted molar refractivity (Wildman–Crippen MR) is 75.9 cm³/mol. The number of hydrogen-bond donors (Lipinski definition) is 1. The molecule has 0 saturated carbocycles. The Balaban J connectivity index is 2.00. The Morgan fingerprint density at radius 1 is 1.59 bits per heavy atom. The lowest BCUT2D eigenvalue weighted by molar-refractivity contribution is 0.102. The Kier molecular flexibility index (Phi) is 4.40. The Labute approximate surface area is 123 Å². The predicted octanol–water partition coefficient (Wildman–Crippen LogP) is 3.67. The maximum atomic E-state index is 11.9. The molecular weight excluding hydrogens is 390 g/mol. The van der Waals surface area contributed by atoms with Gasteiger partial charge in [-0.15, -0.1) is 16.4 Å². The number of nitrogens with one attached hydrogen (secondary N) is 1. The van der Waals surface area contributed by atoms with Gasteiger partial charge in [0.1, 0.15) is 5.82 Å². The van der Waals surface area contributed by atoms with Crippen LogP contribution in [0.1, 0.15) is 16.2 Å². The molecule has 17 heavy (non-hydrogen) atoms. The molecule has 0 aliphatic rings. The first-order valence-electron chi connectivity index (χ1n) is 4.56. The smallest absolute Gasteiger partial charge is 0.208 e. The molecule has 0 bridgehead atoms. The van der Waals surface area contributed by atoms with Crippen molar-refractivity contribution in [3.63, 3.8) is 0 Å². The summed E-state index contributed by atoms with van der Waals surface area (Å²) >= 11 is 9.54. The van der Waals surface area contributed by atoms with Crippen molar-refractivity contribution in [2.45, 2.75) is 12.1 Å². The van der Waals surface area contributed by atoms with Crippen LogP contribution < -0.4 is 0 Å². The van der Waals surface area contributed by atoms with Gasteiger partial charge in [0.05, 0.1) is 13.3 Å². The Bertz CT molecular complexity index is 552. The summed E-state index contributed by atoms with van der Waals surface area (Å²) in [5.74, 6) is 1.14. The molecule has 4 nitrogen and oxygen atoms in total. The van der Waals surface area contributed by atoms with Crippen LogP contribution in [0.4, 0.5) is 0 Å². The fraction of sp³-hybridized carbons (Fsp3) is 0.222. The minimum Gasteiger partial charge on any atom is -0.293 e. The van der Waals surface area contributed by atoms with Gasteiger partial charge in [-0.2, -0.15) is 0 Å². The summed E-state index contributed by atoms with van der Waals surface area (Å²) in [4.78, 5) is 16.1. The topological polar surface area (TPSA) is 58.6 Å². The molecule has 90 valence electrons. The van der Waals surface area contributed by atoms with E-state index in [9.17, 15) is 4.79 Å². The van der Waals surface area contributed by atoms with E-state index in [1.165, 1.54) is 23.1 Å². The second-order valence-corrected chi connectivity index (χ2v) is 7.84. The van der Waals surface area contributed by atoms with Crippen molar-refractivity contribution in [2.75, 3.05) is 5.75 Å². The second kappa shape index (κ2) is 5.64. The number of hydrogen-bond acceptors (Lipinski definition) is 5. The van der Waals surface area contributed by atoms with Gasteiger partial charge in [0.2, 0.25) is 5.16 Å². The highest BCUT2D eigenvalue weighted by molar-refractivity contribution is 9.12. The molecule has 0 aromatic carbocycles. The highest BCUT2D eigenvalue weighted by atomic mass is 79.9. The van der Waals surface area contributed by atoms with E-state index in [4.69, 9.17) is 0 Å². The van der Waals surface area contributed by atoms with Crippen molar-refractivity contribution >= 4 is 60.7 Å². The number of carbonyl (C=O) groups is 1. The first-order chi connectivity index (χ1) is 8.06. The number of rotatable bonds is 4. The van der Waals surface area contributed by atoms with E-state index >= 15 is 0 Å². The molecule has 0 aliphatic heterocycles. The number of aromatic amines is 1. The van der Waals surface area contributed by atoms with Crippen LogP contribution in [-0.4, -0.2) is 26.7 Å². The first-order valence-corrected chi connectivity index (χ1v) is 7.95. The third-order valence-corrected chi connectivity index (χ3v) is 5.05. The standard InChI is InChI=1S/C9H7Br2N3OS2/c1-4-12-9(14-13-4)16-3-6(15)5-2-7(10)17-8(5)11/h2H,3H2,1H3,(H,12,13,14). The van der Waals surface area contributed by atoms with Gasteiger partial charge < -0.3 is 0 Å². The van der Waals surface area contributed by atoms with Crippen LogP contribution >= 0.6 is 55.0 Å². The van der Waals surface area contributed by atoms with Gasteiger partial charge in [0.15, 0.2) is 5.78 Å². The summed E-state index contributed by atoms with van der Waals surface area (Å²) in [5, 5.41) is 7.30. The van der Waals surface area contributed by atoms with Crippen LogP contribution in [0.3, 0.4) is 0 Å². The Morgan fingerprint density at radius 2 is 2.35 bits per heavy atom. The largest absolute Gasteiger partial charge is 0.293 e. The molecule has 8 heteroatoms. The Hall–Kier alpha value is -0.180. The summed E-state index contributed by atoms with van der Waals surface area (Å²) in [6, 6.07) is 1.82. The van der Waals surface area contributed by atoms with E-state index in [2.05, 4.69) is 47.0 Å². The number of thiophene rings is 1. The van der Waals surface area contributed by atoms with Crippen LogP contribution in [0.25, 0.3) is 0 Å². The van der Waals surface area contributed by atoms with Gasteiger partial charge in [-0.25, -0.2) is 4.98 Å². The molecule has 0 atom stereocenters. The third-order valence-electron chi connectivity index (χ3n) is 1.87. The number of ketones is 1. The summed E-state index contributed by atoms with van der Waals surface area (Å²) < 4.78 is 1.78. The SMILES string of the molecule is Cc1nc(SCC(=O)c2cc(Br)sc2Br)n[nH]1. The number of halogens is 2. The maximum Gasteiger partial charge on any atom is 0.208 e. The summed E-state index contributed by atoms with van der Waals surface area (Å²) in [6.07, 6.45) is 0. The summed E-state index contributed by atoms with van der Waals surface area (Å²) in [5.41, 5.74) is 0.696. The van der Waals surface area contributed by atoms with Crippen LogP contribution in [0.5, 0.6) is 0 Å². The van der Waals surface area contributed by atoms with Gasteiger partial charge in [0, 0.05) is 5.56 Å². The van der Waals surface area contributed by atoms with E-state index < -0.39 is 0 Å². The molecule has 1 N–H and O–H groups in total. The lowest BCUT2D eigenvalue weighted by Crippen LogP contribution is -2.01. The number of H-pyrrole nitrogens is 1. The third kappa shape index (κ3) is 3.40. The fourth-order valence-electron chi connectivity index (χ4n) is 1.12. The van der Waals surface area contributed by atoms with Gasteiger partial charge in [0.25, 0.3) is 0 Å². The number of carbonyl (C=O) groups excluding carboxylic acids is 1. The van der Waals surface area contributed by atoms with Crippen molar-refractivity contribution in [1.29, 1.82) is 0 Å². The molecule has 0 spiro atoms. The van der Waals surface area contributed by atoms with Crippen molar-refractivity contribution in [1.82, 2.24) is 15.2 Å². The minimum atomic E-state index is 0.0614. The zero-order chi connectivity index (χ0) is 12.4. The molecule has 2 heterocycles. The molecule has 2 aromatic rings. The quantitative estimate of drug-likeness (QED) is 0.632. The van der Waals surface area contributed by atoms with E-state index in [1.54, 1.807) is 0 Å². The van der Waals surface area contributed by atoms with Crippen LogP contribution in [0.15, 0.2) is 18.8 Å². The van der Waals surface area contributed by atoms with E-state index in [0.29, 0.717) is 16.5 Å². The van der Waals surface area contributed by atoms with Gasteiger partial charge in [-0.1, -0.05) is 11.8 Å². The monoisotopic (exact) mass is 395 g/mol. The first kappa shape index (κ1) is 13.3. The lowest BCUT2D eigenvalue weighted by Gasteiger charge is -1.96. The van der Waals surface area contributed by atoms with E-state index in [1.807, 2.05) is 13.0 Å². The molecular formula is C9H7Br2N3OS2. The number of aryl methyl sites for hydroxylation is 1. The van der Waals surface area contributed by atoms with Crippen LogP contribution in [0.2, 0.25) is 0 Å². The van der Waals surface area contributed by atoms with Crippen molar-refractivity contribution < 1.29 is 4.79 Å². The molecule has 0 aliphatic carbocycles. The average Bonchev–Trinajstić information content (AvgIpc) is 2.81. The van der Waals surface area contributed by atoms with Crippen LogP contribution in [0, 0.1) is 6.92 Å². The van der Waals surface area contributed by atoms with Crippen molar-refractivity contribution in [2.24, 2.45) is 0 Å². The minimum absolute atomic E-state index is 0.0614. The summed E-state index contributed by atoms with van der Waals surface area (Å²) in [7, 11) is 0. The lowest BCUT2D eigenvalue weighted by atomic mass is 10.2. The number of thioether (sulfide) groups is 1. The second-order valence-electron chi connectivity index (χ2n) is 3.15. The van der Waals surface area contributed by atoms with Crippen LogP contribution in [-0.2, 0) is 0 Å². The van der Waals surface area contributed by atoms with Gasteiger partial charge in [-0.3, -0.25) is 9.89 Å². The van der Waals surface area contributed by atoms with E-state index in [-0.39, 0.29) is 5.78 Å². The molecule has 0 saturated heterocycles. The highest BCUT2D eigenvalue weighted by Crippen LogP contribution is 2.32. The maximum absolute atomic E-state index is 11.9. The normalized spacial score (nSPS) is 10.8. The average molecular weight is 397 g/mol. The fourth-order valence-corrected chi connectivity index (χ4v) is 4.71. The molecule has 0 unspecified atom stereocenters. The van der Waals surface area contributed by atoms with Crippen molar-refractivity contribution in [3.05, 3.63) is 25.0 Å². The molecule has 0 radical (unpaired) electrons. The molecule has 2 aromatic heterocycles.